The molecule has 3 rings (SSSR count). The van der Waals surface area contributed by atoms with Gasteiger partial charge in [0.1, 0.15) is 11.9 Å². The van der Waals surface area contributed by atoms with E-state index in [9.17, 15) is 14.3 Å². The molecule has 0 amide bonds. The van der Waals surface area contributed by atoms with Gasteiger partial charge in [0, 0.05) is 17.6 Å². The first-order valence-electron chi connectivity index (χ1n) is 6.20. The van der Waals surface area contributed by atoms with Crippen LogP contribution < -0.4 is 5.76 Å². The van der Waals surface area contributed by atoms with E-state index in [4.69, 9.17) is 16.0 Å². The fourth-order valence-corrected chi connectivity index (χ4v) is 2.40. The largest absolute Gasteiger partial charge is 0.419 e. The molecule has 0 aliphatic rings. The highest BCUT2D eigenvalue weighted by Crippen LogP contribution is 2.28. The Hall–Kier alpha value is -2.11. The van der Waals surface area contributed by atoms with Gasteiger partial charge in [-0.05, 0) is 35.9 Å². The molecule has 0 spiro atoms. The van der Waals surface area contributed by atoms with Crippen LogP contribution in [0.15, 0.2) is 45.6 Å². The lowest BCUT2D eigenvalue weighted by molar-refractivity contribution is 0.215. The number of fused-ring (bicyclic) bond motifs is 1. The fraction of sp³-hybridized carbons (Fsp3) is 0.133. The second kappa shape index (κ2) is 5.02. The van der Waals surface area contributed by atoms with E-state index < -0.39 is 17.7 Å². The Morgan fingerprint density at radius 3 is 2.81 bits per heavy atom. The van der Waals surface area contributed by atoms with Crippen molar-refractivity contribution in [1.29, 1.82) is 0 Å². The zero-order chi connectivity index (χ0) is 15.1. The van der Waals surface area contributed by atoms with Gasteiger partial charge in [-0.2, -0.15) is 0 Å². The summed E-state index contributed by atoms with van der Waals surface area (Å²) in [4.78, 5) is 11.4. The number of oxazole rings is 1. The molecule has 4 nitrogen and oxygen atoms in total. The molecule has 1 N–H and O–H groups in total. The summed E-state index contributed by atoms with van der Waals surface area (Å²) in [6, 6.07) is 8.74. The molecular formula is C15H11ClFNO3. The highest BCUT2D eigenvalue weighted by atomic mass is 35.5. The zero-order valence-electron chi connectivity index (χ0n) is 11.0. The highest BCUT2D eigenvalue weighted by molar-refractivity contribution is 6.30. The molecule has 2 aromatic carbocycles. The number of aliphatic hydroxyl groups excluding tert-OH is 1. The van der Waals surface area contributed by atoms with Crippen LogP contribution in [0, 0.1) is 5.82 Å². The van der Waals surface area contributed by atoms with Crippen LogP contribution in [-0.4, -0.2) is 9.67 Å². The van der Waals surface area contributed by atoms with Crippen molar-refractivity contribution in [3.63, 3.8) is 0 Å². The maximum Gasteiger partial charge on any atom is 0.419 e. The molecule has 0 saturated carbocycles. The van der Waals surface area contributed by atoms with E-state index in [1.807, 2.05) is 0 Å². The van der Waals surface area contributed by atoms with Crippen LogP contribution in [0.4, 0.5) is 4.39 Å². The van der Waals surface area contributed by atoms with Crippen molar-refractivity contribution >= 4 is 22.7 Å². The molecule has 0 aliphatic heterocycles. The SMILES string of the molecule is Cn1c(=O)oc2cc(C(O)c3cc(Cl)ccc3F)ccc21. The van der Waals surface area contributed by atoms with Gasteiger partial charge in [-0.3, -0.25) is 4.57 Å². The zero-order valence-corrected chi connectivity index (χ0v) is 11.8. The molecule has 1 heterocycles. The monoisotopic (exact) mass is 307 g/mol. The second-order valence-corrected chi connectivity index (χ2v) is 5.16. The first kappa shape index (κ1) is 13.9. The molecule has 1 unspecified atom stereocenters. The predicted octanol–water partition coefficient (Wildman–Crippen LogP) is 3.01. The van der Waals surface area contributed by atoms with E-state index in [0.29, 0.717) is 21.7 Å². The smallest absolute Gasteiger partial charge is 0.408 e. The minimum Gasteiger partial charge on any atom is -0.408 e. The number of halogens is 2. The lowest BCUT2D eigenvalue weighted by Crippen LogP contribution is -2.08. The molecular weight excluding hydrogens is 297 g/mol. The lowest BCUT2D eigenvalue weighted by atomic mass is 10.0. The van der Waals surface area contributed by atoms with Crippen LogP contribution in [0.1, 0.15) is 17.2 Å². The van der Waals surface area contributed by atoms with Crippen molar-refractivity contribution in [3.8, 4) is 0 Å². The molecule has 6 heteroatoms. The number of nitrogens with zero attached hydrogens (tertiary/aromatic N) is 1. The summed E-state index contributed by atoms with van der Waals surface area (Å²) in [6.07, 6.45) is -1.20. The van der Waals surface area contributed by atoms with Crippen LogP contribution in [0.3, 0.4) is 0 Å². The number of rotatable bonds is 2. The lowest BCUT2D eigenvalue weighted by Gasteiger charge is -2.12. The number of aromatic nitrogens is 1. The Morgan fingerprint density at radius 1 is 1.29 bits per heavy atom. The summed E-state index contributed by atoms with van der Waals surface area (Å²) in [5.41, 5.74) is 1.42. The molecule has 0 aliphatic carbocycles. The number of aliphatic hydroxyl groups is 1. The summed E-state index contributed by atoms with van der Waals surface area (Å²) in [7, 11) is 1.58. The molecule has 1 aromatic heterocycles. The standard InChI is InChI=1S/C15H11ClFNO3/c1-18-12-5-2-8(6-13(12)21-15(18)20)14(19)10-7-9(16)3-4-11(10)17/h2-7,14,19H,1H3. The quantitative estimate of drug-likeness (QED) is 0.792. The van der Waals surface area contributed by atoms with E-state index in [2.05, 4.69) is 0 Å². The van der Waals surface area contributed by atoms with Gasteiger partial charge in [0.05, 0.1) is 5.52 Å². The van der Waals surface area contributed by atoms with E-state index in [-0.39, 0.29) is 5.56 Å². The van der Waals surface area contributed by atoms with Crippen LogP contribution in [0.2, 0.25) is 5.02 Å². The molecule has 3 aromatic rings. The summed E-state index contributed by atoms with van der Waals surface area (Å²) in [5.74, 6) is -1.05. The average molecular weight is 308 g/mol. The Morgan fingerprint density at radius 2 is 2.05 bits per heavy atom. The van der Waals surface area contributed by atoms with Crippen molar-refractivity contribution in [3.05, 3.63) is 68.9 Å². The third kappa shape index (κ3) is 2.34. The first-order chi connectivity index (χ1) is 9.97. The molecule has 0 fully saturated rings. The average Bonchev–Trinajstić information content (AvgIpc) is 2.75. The van der Waals surface area contributed by atoms with Crippen molar-refractivity contribution in [2.24, 2.45) is 7.05 Å². The Labute approximate surface area is 124 Å². The predicted molar refractivity (Wildman–Crippen MR) is 76.9 cm³/mol. The van der Waals surface area contributed by atoms with E-state index in [1.165, 1.54) is 28.8 Å². The number of benzene rings is 2. The Kier molecular flexibility index (Phi) is 3.31. The van der Waals surface area contributed by atoms with Crippen LogP contribution in [0.25, 0.3) is 11.1 Å². The third-order valence-electron chi connectivity index (χ3n) is 3.38. The normalized spacial score (nSPS) is 12.8. The van der Waals surface area contributed by atoms with E-state index in [1.54, 1.807) is 19.2 Å². The van der Waals surface area contributed by atoms with Gasteiger partial charge in [0.15, 0.2) is 5.58 Å². The van der Waals surface area contributed by atoms with Gasteiger partial charge in [-0.25, -0.2) is 9.18 Å². The van der Waals surface area contributed by atoms with Crippen molar-refractivity contribution in [1.82, 2.24) is 4.57 Å². The van der Waals surface area contributed by atoms with Crippen molar-refractivity contribution < 1.29 is 13.9 Å². The molecule has 0 saturated heterocycles. The molecule has 0 bridgehead atoms. The van der Waals surface area contributed by atoms with Gasteiger partial charge >= 0.3 is 5.76 Å². The first-order valence-corrected chi connectivity index (χ1v) is 6.57. The highest BCUT2D eigenvalue weighted by Gasteiger charge is 2.17. The van der Waals surface area contributed by atoms with Gasteiger partial charge in [-0.1, -0.05) is 17.7 Å². The number of hydrogen-bond donors (Lipinski definition) is 1. The topological polar surface area (TPSA) is 55.4 Å². The molecule has 108 valence electrons. The van der Waals surface area contributed by atoms with Gasteiger partial charge < -0.3 is 9.52 Å². The fourth-order valence-electron chi connectivity index (χ4n) is 2.22. The third-order valence-corrected chi connectivity index (χ3v) is 3.62. The Balaban J connectivity index is 2.11. The van der Waals surface area contributed by atoms with Gasteiger partial charge in [-0.15, -0.1) is 0 Å². The van der Waals surface area contributed by atoms with E-state index >= 15 is 0 Å². The minimum atomic E-state index is -1.20. The molecule has 21 heavy (non-hydrogen) atoms. The van der Waals surface area contributed by atoms with E-state index in [0.717, 1.165) is 0 Å². The summed E-state index contributed by atoms with van der Waals surface area (Å²) in [6.45, 7) is 0. The molecule has 0 radical (unpaired) electrons. The minimum absolute atomic E-state index is 0.0696. The maximum atomic E-state index is 13.8. The summed E-state index contributed by atoms with van der Waals surface area (Å²) >= 11 is 5.83. The van der Waals surface area contributed by atoms with Crippen molar-refractivity contribution in [2.45, 2.75) is 6.10 Å². The summed E-state index contributed by atoms with van der Waals surface area (Å²) < 4.78 is 20.2. The molecule has 1 atom stereocenters. The van der Waals surface area contributed by atoms with Crippen LogP contribution in [0.5, 0.6) is 0 Å². The van der Waals surface area contributed by atoms with Gasteiger partial charge in [0.2, 0.25) is 0 Å². The van der Waals surface area contributed by atoms with Gasteiger partial charge in [0.25, 0.3) is 0 Å². The number of hydrogen-bond acceptors (Lipinski definition) is 3. The van der Waals surface area contributed by atoms with Crippen molar-refractivity contribution in [2.75, 3.05) is 0 Å². The van der Waals surface area contributed by atoms with Crippen LogP contribution >= 0.6 is 11.6 Å². The summed E-state index contributed by atoms with van der Waals surface area (Å²) in [5, 5.41) is 10.6. The maximum absolute atomic E-state index is 13.8. The Bertz CT molecular complexity index is 884. The second-order valence-electron chi connectivity index (χ2n) is 4.72. The number of aryl methyl sites for hydroxylation is 1. The van der Waals surface area contributed by atoms with Crippen LogP contribution in [-0.2, 0) is 7.05 Å².